The van der Waals surface area contributed by atoms with E-state index < -0.39 is 0 Å². The lowest BCUT2D eigenvalue weighted by Crippen LogP contribution is -2.07. The fourth-order valence-corrected chi connectivity index (χ4v) is 3.35. The molecule has 0 spiro atoms. The molecule has 1 unspecified atom stereocenters. The molecule has 0 fully saturated rings. The van der Waals surface area contributed by atoms with Crippen LogP contribution in [0.15, 0.2) is 48.5 Å². The summed E-state index contributed by atoms with van der Waals surface area (Å²) < 4.78 is 1.89. The van der Waals surface area contributed by atoms with E-state index in [2.05, 4.69) is 79.6 Å². The summed E-state index contributed by atoms with van der Waals surface area (Å²) in [5, 5.41) is 8.72. The van der Waals surface area contributed by atoms with E-state index in [1.54, 1.807) is 0 Å². The molecule has 3 heteroatoms. The number of fused-ring (bicyclic) bond motifs is 5. The Balaban J connectivity index is 0.000000444. The number of aromatic nitrogens is 3. The van der Waals surface area contributed by atoms with Gasteiger partial charge in [-0.1, -0.05) is 94.8 Å². The lowest BCUT2D eigenvalue weighted by molar-refractivity contribution is 0.719. The SMILES string of the molecule is CC.CC1Cc2ccccc2-c2c(nnn2C)-c2ccccc21.CCC. The molecular weight excluding hydrogens is 318 g/mol. The van der Waals surface area contributed by atoms with Crippen LogP contribution in [-0.4, -0.2) is 15.0 Å². The van der Waals surface area contributed by atoms with Gasteiger partial charge in [-0.05, 0) is 23.5 Å². The van der Waals surface area contributed by atoms with Gasteiger partial charge in [0.1, 0.15) is 5.69 Å². The van der Waals surface area contributed by atoms with Gasteiger partial charge in [0.25, 0.3) is 0 Å². The number of hydrogen-bond acceptors (Lipinski definition) is 2. The average Bonchev–Trinajstić information content (AvgIpc) is 3.04. The summed E-state index contributed by atoms with van der Waals surface area (Å²) in [7, 11) is 1.97. The number of hydrogen-bond donors (Lipinski definition) is 0. The van der Waals surface area contributed by atoms with Gasteiger partial charge in [-0.2, -0.15) is 0 Å². The van der Waals surface area contributed by atoms with Crippen LogP contribution in [0.5, 0.6) is 0 Å². The van der Waals surface area contributed by atoms with Gasteiger partial charge in [0.2, 0.25) is 0 Å². The molecule has 0 radical (unpaired) electrons. The first-order valence-corrected chi connectivity index (χ1v) is 9.74. The first-order valence-electron chi connectivity index (χ1n) is 9.74. The number of benzene rings is 2. The standard InChI is InChI=1S/C18H17N3.C3H8.C2H6/c1-12-11-13-7-3-4-9-15(13)18-17(19-20-21(18)2)16-10-6-5-8-14(12)16;1-3-2;1-2/h3-10,12H,11H2,1-2H3;3H2,1-2H3;1-2H3. The predicted molar refractivity (Wildman–Crippen MR) is 111 cm³/mol. The average molecular weight is 350 g/mol. The summed E-state index contributed by atoms with van der Waals surface area (Å²) in [6.07, 6.45) is 2.29. The van der Waals surface area contributed by atoms with Gasteiger partial charge >= 0.3 is 0 Å². The zero-order chi connectivity index (χ0) is 19.1. The molecule has 0 saturated carbocycles. The highest BCUT2D eigenvalue weighted by atomic mass is 15.4. The molecule has 0 bridgehead atoms. The third-order valence-corrected chi connectivity index (χ3v) is 4.37. The second-order valence-corrected chi connectivity index (χ2v) is 6.47. The van der Waals surface area contributed by atoms with Crippen molar-refractivity contribution in [1.82, 2.24) is 15.0 Å². The van der Waals surface area contributed by atoms with Crippen LogP contribution in [0.1, 0.15) is 58.1 Å². The Morgan fingerprint density at radius 2 is 1.54 bits per heavy atom. The molecule has 1 aliphatic rings. The number of nitrogens with zero attached hydrogens (tertiary/aromatic N) is 3. The minimum Gasteiger partial charge on any atom is -0.247 e. The summed E-state index contributed by atoms with van der Waals surface area (Å²) in [6.45, 7) is 10.5. The topological polar surface area (TPSA) is 30.7 Å². The molecule has 26 heavy (non-hydrogen) atoms. The van der Waals surface area contributed by atoms with E-state index in [1.165, 1.54) is 28.7 Å². The van der Waals surface area contributed by atoms with E-state index in [0.717, 1.165) is 17.8 Å². The van der Waals surface area contributed by atoms with E-state index >= 15 is 0 Å². The molecule has 0 N–H and O–H groups in total. The second kappa shape index (κ2) is 9.33. The van der Waals surface area contributed by atoms with Crippen LogP contribution >= 0.6 is 0 Å². The number of rotatable bonds is 0. The van der Waals surface area contributed by atoms with Crippen molar-refractivity contribution < 1.29 is 0 Å². The molecular formula is C23H31N3. The molecule has 0 amide bonds. The van der Waals surface area contributed by atoms with Gasteiger partial charge in [0, 0.05) is 18.2 Å². The van der Waals surface area contributed by atoms with Crippen LogP contribution in [0.2, 0.25) is 0 Å². The van der Waals surface area contributed by atoms with Crippen molar-refractivity contribution in [2.24, 2.45) is 7.05 Å². The summed E-state index contributed by atoms with van der Waals surface area (Å²) in [5.41, 5.74) is 7.29. The van der Waals surface area contributed by atoms with Crippen LogP contribution in [0, 0.1) is 0 Å². The zero-order valence-corrected chi connectivity index (χ0v) is 17.0. The lowest BCUT2D eigenvalue weighted by atomic mass is 9.83. The maximum absolute atomic E-state index is 4.45. The van der Waals surface area contributed by atoms with Crippen LogP contribution in [0.25, 0.3) is 22.5 Å². The van der Waals surface area contributed by atoms with E-state index in [9.17, 15) is 0 Å². The van der Waals surface area contributed by atoms with Crippen molar-refractivity contribution in [2.45, 2.75) is 53.4 Å². The Kier molecular flexibility index (Phi) is 7.14. The Bertz CT molecular complexity index is 833. The molecule has 1 aromatic heterocycles. The maximum Gasteiger partial charge on any atom is 0.121 e. The Labute approximate surface area is 158 Å². The quantitative estimate of drug-likeness (QED) is 0.480. The van der Waals surface area contributed by atoms with Crippen LogP contribution in [0.3, 0.4) is 0 Å². The molecule has 138 valence electrons. The fraction of sp³-hybridized carbons (Fsp3) is 0.391. The third kappa shape index (κ3) is 3.87. The highest BCUT2D eigenvalue weighted by Gasteiger charge is 2.24. The van der Waals surface area contributed by atoms with Gasteiger partial charge in [0.05, 0.1) is 5.69 Å². The summed E-state index contributed by atoms with van der Waals surface area (Å²) in [6, 6.07) is 17.2. The van der Waals surface area contributed by atoms with Crippen molar-refractivity contribution in [2.75, 3.05) is 0 Å². The maximum atomic E-state index is 4.45. The molecule has 2 aromatic carbocycles. The highest BCUT2D eigenvalue weighted by molar-refractivity contribution is 5.82. The highest BCUT2D eigenvalue weighted by Crippen LogP contribution is 2.40. The Morgan fingerprint density at radius 3 is 2.23 bits per heavy atom. The van der Waals surface area contributed by atoms with E-state index in [4.69, 9.17) is 0 Å². The van der Waals surface area contributed by atoms with Crippen LogP contribution in [-0.2, 0) is 13.5 Å². The molecule has 4 rings (SSSR count). The van der Waals surface area contributed by atoms with Crippen molar-refractivity contribution in [3.8, 4) is 22.5 Å². The van der Waals surface area contributed by atoms with Gasteiger partial charge in [-0.15, -0.1) is 5.10 Å². The van der Waals surface area contributed by atoms with Crippen molar-refractivity contribution in [3.63, 3.8) is 0 Å². The van der Waals surface area contributed by atoms with E-state index in [-0.39, 0.29) is 0 Å². The van der Waals surface area contributed by atoms with Gasteiger partial charge in [0.15, 0.2) is 0 Å². The monoisotopic (exact) mass is 349 g/mol. The molecule has 1 atom stereocenters. The molecule has 1 heterocycles. The number of aryl methyl sites for hydroxylation is 1. The summed E-state index contributed by atoms with van der Waals surface area (Å²) in [5.74, 6) is 0.470. The fourth-order valence-electron chi connectivity index (χ4n) is 3.35. The van der Waals surface area contributed by atoms with Gasteiger partial charge in [-0.25, -0.2) is 4.68 Å². The van der Waals surface area contributed by atoms with Crippen molar-refractivity contribution in [3.05, 3.63) is 59.7 Å². The molecule has 1 aliphatic carbocycles. The Morgan fingerprint density at radius 1 is 0.962 bits per heavy atom. The van der Waals surface area contributed by atoms with Gasteiger partial charge < -0.3 is 0 Å². The third-order valence-electron chi connectivity index (χ3n) is 4.37. The zero-order valence-electron chi connectivity index (χ0n) is 17.0. The molecule has 0 aliphatic heterocycles. The minimum atomic E-state index is 0.470. The second-order valence-electron chi connectivity index (χ2n) is 6.47. The lowest BCUT2D eigenvalue weighted by Gasteiger charge is -2.21. The normalized spacial score (nSPS) is 14.2. The summed E-state index contributed by atoms with van der Waals surface area (Å²) in [4.78, 5) is 0. The van der Waals surface area contributed by atoms with Crippen LogP contribution < -0.4 is 0 Å². The van der Waals surface area contributed by atoms with Crippen LogP contribution in [0.4, 0.5) is 0 Å². The minimum absolute atomic E-state index is 0.470. The van der Waals surface area contributed by atoms with Crippen molar-refractivity contribution in [1.29, 1.82) is 0 Å². The van der Waals surface area contributed by atoms with E-state index in [1.807, 2.05) is 25.6 Å². The molecule has 3 aromatic rings. The Hall–Kier alpha value is -2.42. The largest absolute Gasteiger partial charge is 0.247 e. The molecule has 0 saturated heterocycles. The summed E-state index contributed by atoms with van der Waals surface area (Å²) >= 11 is 0. The van der Waals surface area contributed by atoms with Gasteiger partial charge in [-0.3, -0.25) is 0 Å². The predicted octanol–water partition coefficient (Wildman–Crippen LogP) is 6.25. The smallest absolute Gasteiger partial charge is 0.121 e. The van der Waals surface area contributed by atoms with E-state index in [0.29, 0.717) is 5.92 Å². The molecule has 3 nitrogen and oxygen atoms in total. The first kappa shape index (κ1) is 19.9. The van der Waals surface area contributed by atoms with Crippen molar-refractivity contribution >= 4 is 0 Å². The first-order chi connectivity index (χ1) is 12.7.